The van der Waals surface area contributed by atoms with E-state index in [1.807, 2.05) is 25.0 Å². The smallest absolute Gasteiger partial charge is 0.0831 e. The predicted octanol–water partition coefficient (Wildman–Crippen LogP) is 2.29. The van der Waals surface area contributed by atoms with Crippen molar-refractivity contribution in [2.75, 3.05) is 13.7 Å². The molecule has 19 heavy (non-hydrogen) atoms. The Balaban J connectivity index is 2.01. The number of ether oxygens (including phenoxy) is 1. The maximum atomic E-state index is 5.93. The predicted molar refractivity (Wildman–Crippen MR) is 77.2 cm³/mol. The first-order valence-electron chi connectivity index (χ1n) is 7.47. The summed E-state index contributed by atoms with van der Waals surface area (Å²) in [6.07, 6.45) is 9.00. The van der Waals surface area contributed by atoms with Gasteiger partial charge in [0.2, 0.25) is 0 Å². The number of hydrogen-bond donors (Lipinski definition) is 1. The maximum Gasteiger partial charge on any atom is 0.0831 e. The van der Waals surface area contributed by atoms with Crippen LogP contribution >= 0.6 is 0 Å². The van der Waals surface area contributed by atoms with Gasteiger partial charge in [0.15, 0.2) is 0 Å². The Kier molecular flexibility index (Phi) is 4.99. The summed E-state index contributed by atoms with van der Waals surface area (Å²) >= 11 is 0. The molecule has 2 rings (SSSR count). The van der Waals surface area contributed by atoms with Crippen molar-refractivity contribution in [1.29, 1.82) is 0 Å². The largest absolute Gasteiger partial charge is 0.377 e. The summed E-state index contributed by atoms with van der Waals surface area (Å²) < 4.78 is 7.90. The fourth-order valence-electron chi connectivity index (χ4n) is 3.40. The highest BCUT2D eigenvalue weighted by molar-refractivity contribution is 5.03. The van der Waals surface area contributed by atoms with Crippen LogP contribution in [-0.4, -0.2) is 35.1 Å². The lowest BCUT2D eigenvalue weighted by atomic mass is 9.88. The van der Waals surface area contributed by atoms with E-state index in [2.05, 4.69) is 23.4 Å². The average molecular weight is 265 g/mol. The Morgan fingerprint density at radius 3 is 2.74 bits per heavy atom. The quantitative estimate of drug-likeness (QED) is 0.822. The number of methoxy groups -OCH3 is 1. The van der Waals surface area contributed by atoms with Gasteiger partial charge >= 0.3 is 0 Å². The lowest BCUT2D eigenvalue weighted by Crippen LogP contribution is -2.50. The molecule has 1 aromatic heterocycles. The first kappa shape index (κ1) is 14.5. The van der Waals surface area contributed by atoms with Crippen molar-refractivity contribution in [2.24, 2.45) is 7.05 Å². The van der Waals surface area contributed by atoms with E-state index in [0.29, 0.717) is 6.04 Å². The van der Waals surface area contributed by atoms with Crippen LogP contribution in [-0.2, 0) is 18.2 Å². The number of aromatic nitrogens is 2. The third kappa shape index (κ3) is 3.18. The zero-order valence-corrected chi connectivity index (χ0v) is 12.5. The molecular formula is C15H27N3O. The molecule has 0 bridgehead atoms. The summed E-state index contributed by atoms with van der Waals surface area (Å²) in [5, 5.41) is 7.88. The van der Waals surface area contributed by atoms with Gasteiger partial charge in [-0.15, -0.1) is 0 Å². The van der Waals surface area contributed by atoms with E-state index in [9.17, 15) is 0 Å². The Morgan fingerprint density at radius 2 is 2.21 bits per heavy atom. The maximum absolute atomic E-state index is 5.93. The Bertz CT molecular complexity index is 382. The van der Waals surface area contributed by atoms with Crippen LogP contribution in [0.1, 0.15) is 44.7 Å². The second-order valence-electron chi connectivity index (χ2n) is 5.57. The highest BCUT2D eigenvalue weighted by Gasteiger charge is 2.40. The van der Waals surface area contributed by atoms with Crippen molar-refractivity contribution in [3.05, 3.63) is 18.0 Å². The summed E-state index contributed by atoms with van der Waals surface area (Å²) in [6, 6.07) is 2.55. The molecule has 1 fully saturated rings. The molecule has 0 saturated heterocycles. The normalized spacial score (nSPS) is 19.7. The number of nitrogens with one attached hydrogen (secondary N) is 1. The zero-order chi connectivity index (χ0) is 13.7. The molecular weight excluding hydrogens is 238 g/mol. The molecule has 0 aliphatic heterocycles. The number of aryl methyl sites for hydroxylation is 2. The molecule has 1 aliphatic rings. The van der Waals surface area contributed by atoms with Crippen molar-refractivity contribution < 1.29 is 4.74 Å². The van der Waals surface area contributed by atoms with Gasteiger partial charge in [0.25, 0.3) is 0 Å². The monoisotopic (exact) mass is 265 g/mol. The zero-order valence-electron chi connectivity index (χ0n) is 12.5. The van der Waals surface area contributed by atoms with Crippen molar-refractivity contribution in [3.63, 3.8) is 0 Å². The summed E-state index contributed by atoms with van der Waals surface area (Å²) in [5.74, 6) is 0. The highest BCUT2D eigenvalue weighted by atomic mass is 16.5. The van der Waals surface area contributed by atoms with E-state index in [0.717, 1.165) is 19.4 Å². The molecule has 1 aromatic rings. The van der Waals surface area contributed by atoms with Gasteiger partial charge < -0.3 is 10.1 Å². The average Bonchev–Trinajstić information content (AvgIpc) is 3.04. The number of likely N-dealkylation sites (N-methyl/N-ethyl adjacent to an activating group) is 1. The minimum absolute atomic E-state index is 0.0502. The molecule has 0 amide bonds. The number of hydrogen-bond acceptors (Lipinski definition) is 3. The van der Waals surface area contributed by atoms with Crippen LogP contribution in [0.4, 0.5) is 0 Å². The Morgan fingerprint density at radius 1 is 1.47 bits per heavy atom. The van der Waals surface area contributed by atoms with Gasteiger partial charge in [-0.2, -0.15) is 5.10 Å². The third-order valence-electron chi connectivity index (χ3n) is 4.55. The molecule has 1 heterocycles. The van der Waals surface area contributed by atoms with Crippen LogP contribution < -0.4 is 5.32 Å². The van der Waals surface area contributed by atoms with Gasteiger partial charge in [0, 0.05) is 32.1 Å². The van der Waals surface area contributed by atoms with Gasteiger partial charge in [0.05, 0.1) is 5.60 Å². The molecule has 0 spiro atoms. The Hall–Kier alpha value is -0.870. The van der Waals surface area contributed by atoms with Crippen molar-refractivity contribution in [1.82, 2.24) is 15.1 Å². The summed E-state index contributed by atoms with van der Waals surface area (Å²) in [7, 11) is 3.89. The van der Waals surface area contributed by atoms with Crippen LogP contribution in [0.3, 0.4) is 0 Å². The second kappa shape index (κ2) is 6.53. The van der Waals surface area contributed by atoms with E-state index in [1.54, 1.807) is 0 Å². The van der Waals surface area contributed by atoms with E-state index in [-0.39, 0.29) is 5.60 Å². The number of rotatable bonds is 7. The van der Waals surface area contributed by atoms with Crippen LogP contribution in [0, 0.1) is 0 Å². The first-order valence-corrected chi connectivity index (χ1v) is 7.47. The molecule has 0 aromatic carbocycles. The first-order chi connectivity index (χ1) is 9.22. The Labute approximate surface area is 116 Å². The van der Waals surface area contributed by atoms with Crippen LogP contribution in [0.2, 0.25) is 0 Å². The van der Waals surface area contributed by atoms with E-state index in [1.165, 1.54) is 31.4 Å². The summed E-state index contributed by atoms with van der Waals surface area (Å²) in [4.78, 5) is 0. The molecule has 108 valence electrons. The van der Waals surface area contributed by atoms with Crippen molar-refractivity contribution in [2.45, 2.75) is 57.1 Å². The van der Waals surface area contributed by atoms with Crippen molar-refractivity contribution >= 4 is 0 Å². The fraction of sp³-hybridized carbons (Fsp3) is 0.800. The SMILES string of the molecule is CCNC(CCc1ccnn1C)C1(OC)CCCC1. The van der Waals surface area contributed by atoms with Gasteiger partial charge in [-0.25, -0.2) is 0 Å². The second-order valence-corrected chi connectivity index (χ2v) is 5.57. The molecule has 4 heteroatoms. The lowest BCUT2D eigenvalue weighted by molar-refractivity contribution is -0.0373. The summed E-state index contributed by atoms with van der Waals surface area (Å²) in [6.45, 7) is 3.18. The van der Waals surface area contributed by atoms with Gasteiger partial charge in [-0.05, 0) is 38.3 Å². The van der Waals surface area contributed by atoms with Crippen LogP contribution in [0.15, 0.2) is 12.3 Å². The molecule has 1 saturated carbocycles. The van der Waals surface area contributed by atoms with Crippen LogP contribution in [0.25, 0.3) is 0 Å². The van der Waals surface area contributed by atoms with Crippen molar-refractivity contribution in [3.8, 4) is 0 Å². The van der Waals surface area contributed by atoms with Gasteiger partial charge in [-0.1, -0.05) is 19.8 Å². The molecule has 1 N–H and O–H groups in total. The third-order valence-corrected chi connectivity index (χ3v) is 4.55. The van der Waals surface area contributed by atoms with Gasteiger partial charge in [0.1, 0.15) is 0 Å². The highest BCUT2D eigenvalue weighted by Crippen LogP contribution is 2.37. The molecule has 1 unspecified atom stereocenters. The number of nitrogens with zero attached hydrogens (tertiary/aromatic N) is 2. The fourth-order valence-corrected chi connectivity index (χ4v) is 3.40. The topological polar surface area (TPSA) is 39.1 Å². The molecule has 1 aliphatic carbocycles. The molecule has 4 nitrogen and oxygen atoms in total. The standard InChI is InChI=1S/C15H27N3O/c1-4-16-14(15(19-3)10-5-6-11-15)8-7-13-9-12-17-18(13)2/h9,12,14,16H,4-8,10-11H2,1-3H3. The minimum atomic E-state index is 0.0502. The molecule has 0 radical (unpaired) electrons. The van der Waals surface area contributed by atoms with Crippen LogP contribution in [0.5, 0.6) is 0 Å². The van der Waals surface area contributed by atoms with E-state index in [4.69, 9.17) is 4.74 Å². The summed E-state index contributed by atoms with van der Waals surface area (Å²) in [5.41, 5.74) is 1.35. The molecule has 1 atom stereocenters. The van der Waals surface area contributed by atoms with E-state index >= 15 is 0 Å². The van der Waals surface area contributed by atoms with E-state index < -0.39 is 0 Å². The van der Waals surface area contributed by atoms with Gasteiger partial charge in [-0.3, -0.25) is 4.68 Å². The minimum Gasteiger partial charge on any atom is -0.377 e. The lowest BCUT2D eigenvalue weighted by Gasteiger charge is -2.37.